The van der Waals surface area contributed by atoms with Crippen LogP contribution in [-0.4, -0.2) is 6.04 Å². The van der Waals surface area contributed by atoms with Crippen LogP contribution in [0.1, 0.15) is 38.3 Å². The number of rotatable bonds is 6. The summed E-state index contributed by atoms with van der Waals surface area (Å²) in [5.41, 5.74) is 1.16. The molecule has 0 heterocycles. The average Bonchev–Trinajstić information content (AvgIpc) is 2.30. The van der Waals surface area contributed by atoms with Crippen LogP contribution in [-0.2, 0) is 0 Å². The standard InChI is InChI=1S/C14H19Cl2N/c1-4-5-6-10(2)17-11(3)12-7-8-13(15)14(16)9-12/h4,7-11,17H,1,5-6H2,2-3H3. The maximum Gasteiger partial charge on any atom is 0.0595 e. The summed E-state index contributed by atoms with van der Waals surface area (Å²) < 4.78 is 0. The molecule has 0 bridgehead atoms. The van der Waals surface area contributed by atoms with Crippen molar-refractivity contribution in [3.63, 3.8) is 0 Å². The summed E-state index contributed by atoms with van der Waals surface area (Å²) in [4.78, 5) is 0. The molecule has 0 saturated heterocycles. The first kappa shape index (κ1) is 14.6. The molecule has 0 aliphatic heterocycles. The minimum Gasteiger partial charge on any atom is -0.308 e. The van der Waals surface area contributed by atoms with Gasteiger partial charge in [-0.25, -0.2) is 0 Å². The molecule has 2 atom stereocenters. The van der Waals surface area contributed by atoms with Gasteiger partial charge >= 0.3 is 0 Å². The van der Waals surface area contributed by atoms with Crippen molar-refractivity contribution in [2.24, 2.45) is 0 Å². The third-order valence-electron chi connectivity index (χ3n) is 2.78. The molecule has 17 heavy (non-hydrogen) atoms. The first-order valence-corrected chi connectivity index (χ1v) is 6.62. The van der Waals surface area contributed by atoms with Crippen LogP contribution in [0.2, 0.25) is 10.0 Å². The van der Waals surface area contributed by atoms with Crippen molar-refractivity contribution in [2.45, 2.75) is 38.8 Å². The Morgan fingerprint density at radius 2 is 2.00 bits per heavy atom. The lowest BCUT2D eigenvalue weighted by Crippen LogP contribution is -2.28. The fourth-order valence-electron chi connectivity index (χ4n) is 1.76. The maximum absolute atomic E-state index is 6.01. The first-order valence-electron chi connectivity index (χ1n) is 5.86. The predicted octanol–water partition coefficient (Wildman–Crippen LogP) is 5.00. The van der Waals surface area contributed by atoms with Gasteiger partial charge in [0, 0.05) is 12.1 Å². The lowest BCUT2D eigenvalue weighted by atomic mass is 10.1. The van der Waals surface area contributed by atoms with Crippen LogP contribution in [0.5, 0.6) is 0 Å². The van der Waals surface area contributed by atoms with E-state index in [4.69, 9.17) is 23.2 Å². The second kappa shape index (κ2) is 7.05. The highest BCUT2D eigenvalue weighted by atomic mass is 35.5. The van der Waals surface area contributed by atoms with E-state index < -0.39 is 0 Å². The molecule has 0 saturated carbocycles. The Hall–Kier alpha value is -0.500. The van der Waals surface area contributed by atoms with Crippen LogP contribution in [0, 0.1) is 0 Å². The molecule has 0 aliphatic rings. The highest BCUT2D eigenvalue weighted by molar-refractivity contribution is 6.42. The number of hydrogen-bond donors (Lipinski definition) is 1. The molecular formula is C14H19Cl2N. The quantitative estimate of drug-likeness (QED) is 0.719. The van der Waals surface area contributed by atoms with Gasteiger partial charge in [0.1, 0.15) is 0 Å². The normalized spacial score (nSPS) is 14.4. The SMILES string of the molecule is C=CCCC(C)NC(C)c1ccc(Cl)c(Cl)c1. The van der Waals surface area contributed by atoms with Crippen molar-refractivity contribution in [2.75, 3.05) is 0 Å². The van der Waals surface area contributed by atoms with E-state index in [2.05, 4.69) is 25.7 Å². The Balaban J connectivity index is 2.59. The lowest BCUT2D eigenvalue weighted by molar-refractivity contribution is 0.459. The molecule has 1 aromatic carbocycles. The molecule has 0 aromatic heterocycles. The molecule has 0 spiro atoms. The van der Waals surface area contributed by atoms with Gasteiger partial charge in [0.15, 0.2) is 0 Å². The molecule has 0 fully saturated rings. The van der Waals surface area contributed by atoms with E-state index in [9.17, 15) is 0 Å². The molecule has 0 radical (unpaired) electrons. The minimum atomic E-state index is 0.268. The highest BCUT2D eigenvalue weighted by Crippen LogP contribution is 2.25. The number of nitrogens with one attached hydrogen (secondary N) is 1. The zero-order chi connectivity index (χ0) is 12.8. The van der Waals surface area contributed by atoms with Crippen molar-refractivity contribution in [3.05, 3.63) is 46.5 Å². The van der Waals surface area contributed by atoms with Crippen LogP contribution in [0.4, 0.5) is 0 Å². The van der Waals surface area contributed by atoms with Crippen molar-refractivity contribution in [1.82, 2.24) is 5.32 Å². The number of hydrogen-bond acceptors (Lipinski definition) is 1. The lowest BCUT2D eigenvalue weighted by Gasteiger charge is -2.20. The van der Waals surface area contributed by atoms with E-state index in [1.165, 1.54) is 0 Å². The molecule has 1 rings (SSSR count). The Morgan fingerprint density at radius 3 is 2.59 bits per heavy atom. The molecule has 1 aromatic rings. The summed E-state index contributed by atoms with van der Waals surface area (Å²) in [5, 5.41) is 4.74. The van der Waals surface area contributed by atoms with Gasteiger partial charge in [-0.2, -0.15) is 0 Å². The fraction of sp³-hybridized carbons (Fsp3) is 0.429. The van der Waals surface area contributed by atoms with Gasteiger partial charge in [0.25, 0.3) is 0 Å². The maximum atomic E-state index is 6.01. The Bertz CT molecular complexity index is 376. The fourth-order valence-corrected chi connectivity index (χ4v) is 2.06. The molecule has 2 unspecified atom stereocenters. The van der Waals surface area contributed by atoms with Gasteiger partial charge in [-0.3, -0.25) is 0 Å². The third kappa shape index (κ3) is 4.71. The van der Waals surface area contributed by atoms with Crippen LogP contribution in [0.3, 0.4) is 0 Å². The Kier molecular flexibility index (Phi) is 6.04. The summed E-state index contributed by atoms with van der Waals surface area (Å²) in [7, 11) is 0. The van der Waals surface area contributed by atoms with Crippen LogP contribution < -0.4 is 5.32 Å². The molecular weight excluding hydrogens is 253 g/mol. The summed E-state index contributed by atoms with van der Waals surface area (Å²) in [6, 6.07) is 6.49. The van der Waals surface area contributed by atoms with E-state index >= 15 is 0 Å². The van der Waals surface area contributed by atoms with Gasteiger partial charge in [-0.1, -0.05) is 35.3 Å². The van der Waals surface area contributed by atoms with Crippen molar-refractivity contribution >= 4 is 23.2 Å². The van der Waals surface area contributed by atoms with E-state index in [-0.39, 0.29) is 6.04 Å². The largest absolute Gasteiger partial charge is 0.308 e. The summed E-state index contributed by atoms with van der Waals surface area (Å²) in [5.74, 6) is 0. The zero-order valence-corrected chi connectivity index (χ0v) is 11.9. The predicted molar refractivity (Wildman–Crippen MR) is 76.9 cm³/mol. The van der Waals surface area contributed by atoms with E-state index in [1.807, 2.05) is 24.3 Å². The summed E-state index contributed by atoms with van der Waals surface area (Å²) in [6.45, 7) is 8.04. The van der Waals surface area contributed by atoms with Crippen molar-refractivity contribution in [3.8, 4) is 0 Å². The monoisotopic (exact) mass is 271 g/mol. The number of halogens is 2. The summed E-state index contributed by atoms with van der Waals surface area (Å²) in [6.07, 6.45) is 4.07. The van der Waals surface area contributed by atoms with Gasteiger partial charge in [0.2, 0.25) is 0 Å². The molecule has 0 amide bonds. The Morgan fingerprint density at radius 1 is 1.29 bits per heavy atom. The average molecular weight is 272 g/mol. The highest BCUT2D eigenvalue weighted by Gasteiger charge is 2.10. The zero-order valence-electron chi connectivity index (χ0n) is 10.3. The van der Waals surface area contributed by atoms with E-state index in [0.29, 0.717) is 16.1 Å². The minimum absolute atomic E-state index is 0.268. The van der Waals surface area contributed by atoms with E-state index in [0.717, 1.165) is 18.4 Å². The smallest absolute Gasteiger partial charge is 0.0595 e. The second-order valence-corrected chi connectivity index (χ2v) is 5.14. The summed E-state index contributed by atoms with van der Waals surface area (Å²) >= 11 is 11.9. The third-order valence-corrected chi connectivity index (χ3v) is 3.52. The second-order valence-electron chi connectivity index (χ2n) is 4.33. The van der Waals surface area contributed by atoms with Crippen molar-refractivity contribution in [1.29, 1.82) is 0 Å². The number of benzene rings is 1. The Labute approximate surface area is 114 Å². The van der Waals surface area contributed by atoms with Gasteiger partial charge in [-0.15, -0.1) is 6.58 Å². The molecule has 3 heteroatoms. The number of allylic oxidation sites excluding steroid dienone is 1. The first-order chi connectivity index (χ1) is 8.04. The van der Waals surface area contributed by atoms with Crippen molar-refractivity contribution < 1.29 is 0 Å². The molecule has 0 aliphatic carbocycles. The van der Waals surface area contributed by atoms with Gasteiger partial charge in [0.05, 0.1) is 10.0 Å². The van der Waals surface area contributed by atoms with Gasteiger partial charge < -0.3 is 5.32 Å². The van der Waals surface area contributed by atoms with Gasteiger partial charge in [-0.05, 0) is 44.4 Å². The molecule has 94 valence electrons. The van der Waals surface area contributed by atoms with Crippen LogP contribution in [0.15, 0.2) is 30.9 Å². The topological polar surface area (TPSA) is 12.0 Å². The van der Waals surface area contributed by atoms with Crippen LogP contribution in [0.25, 0.3) is 0 Å². The molecule has 1 nitrogen and oxygen atoms in total. The molecule has 1 N–H and O–H groups in total. The van der Waals surface area contributed by atoms with Crippen LogP contribution >= 0.6 is 23.2 Å². The van der Waals surface area contributed by atoms with E-state index in [1.54, 1.807) is 0 Å².